The normalized spacial score (nSPS) is 12.6. The first-order valence-corrected chi connectivity index (χ1v) is 8.31. The van der Waals surface area contributed by atoms with Crippen LogP contribution in [-0.4, -0.2) is 10.4 Å². The Labute approximate surface area is 112 Å². The van der Waals surface area contributed by atoms with E-state index in [0.717, 1.165) is 6.42 Å². The molecule has 0 saturated heterocycles. The van der Waals surface area contributed by atoms with Gasteiger partial charge in [-0.05, 0) is 12.8 Å². The molecule has 17 heavy (non-hydrogen) atoms. The van der Waals surface area contributed by atoms with E-state index < -0.39 is 0 Å². The molecule has 0 aromatic heterocycles. The zero-order valence-electron chi connectivity index (χ0n) is 12.0. The van der Waals surface area contributed by atoms with Crippen LogP contribution in [0.2, 0.25) is 0 Å². The van der Waals surface area contributed by atoms with E-state index in [-0.39, 0.29) is 0 Å². The lowest BCUT2D eigenvalue weighted by Crippen LogP contribution is -2.05. The van der Waals surface area contributed by atoms with Gasteiger partial charge in [-0.25, -0.2) is 0 Å². The Hall–Kier alpha value is 0.0200. The molecule has 1 atom stereocenters. The standard InChI is InChI=1S/C15H30OS/c1-4-7-8-9-10-11-12-13-14(5-2)17-15(16)6-3/h14H,4-13H2,1-3H3. The van der Waals surface area contributed by atoms with E-state index in [1.165, 1.54) is 51.4 Å². The first-order chi connectivity index (χ1) is 8.24. The molecule has 0 aliphatic carbocycles. The van der Waals surface area contributed by atoms with Gasteiger partial charge in [0, 0.05) is 11.7 Å². The first kappa shape index (κ1) is 17.0. The second-order valence-electron chi connectivity index (χ2n) is 4.78. The van der Waals surface area contributed by atoms with Crippen LogP contribution in [0.15, 0.2) is 0 Å². The highest BCUT2D eigenvalue weighted by Crippen LogP contribution is 2.23. The summed E-state index contributed by atoms with van der Waals surface area (Å²) < 4.78 is 0. The van der Waals surface area contributed by atoms with Crippen LogP contribution in [0.4, 0.5) is 0 Å². The lowest BCUT2D eigenvalue weighted by molar-refractivity contribution is -0.110. The fourth-order valence-corrected chi connectivity index (χ4v) is 2.93. The third-order valence-corrected chi connectivity index (χ3v) is 4.63. The average molecular weight is 258 g/mol. The molecule has 102 valence electrons. The maximum atomic E-state index is 11.4. The number of carbonyl (C=O) groups is 1. The van der Waals surface area contributed by atoms with Crippen LogP contribution in [0.3, 0.4) is 0 Å². The van der Waals surface area contributed by atoms with Gasteiger partial charge >= 0.3 is 0 Å². The molecule has 0 N–H and O–H groups in total. The van der Waals surface area contributed by atoms with Crippen LogP contribution in [0.25, 0.3) is 0 Å². The minimum absolute atomic E-state index is 0.361. The zero-order chi connectivity index (χ0) is 12.9. The van der Waals surface area contributed by atoms with E-state index in [2.05, 4.69) is 13.8 Å². The summed E-state index contributed by atoms with van der Waals surface area (Å²) >= 11 is 1.58. The van der Waals surface area contributed by atoms with E-state index in [9.17, 15) is 4.79 Å². The van der Waals surface area contributed by atoms with E-state index in [1.807, 2.05) is 6.92 Å². The largest absolute Gasteiger partial charge is 0.287 e. The summed E-state index contributed by atoms with van der Waals surface area (Å²) in [5, 5.41) is 0.929. The molecule has 1 nitrogen and oxygen atoms in total. The Bertz CT molecular complexity index is 180. The van der Waals surface area contributed by atoms with Gasteiger partial charge in [0.05, 0.1) is 0 Å². The third-order valence-electron chi connectivity index (χ3n) is 3.17. The van der Waals surface area contributed by atoms with Crippen LogP contribution >= 0.6 is 11.8 Å². The summed E-state index contributed by atoms with van der Waals surface area (Å²) in [6.45, 7) is 6.41. The van der Waals surface area contributed by atoms with Gasteiger partial charge in [0.25, 0.3) is 0 Å². The average Bonchev–Trinajstić information content (AvgIpc) is 2.35. The van der Waals surface area contributed by atoms with Crippen molar-refractivity contribution in [1.82, 2.24) is 0 Å². The van der Waals surface area contributed by atoms with Crippen molar-refractivity contribution in [2.75, 3.05) is 0 Å². The molecule has 0 saturated carbocycles. The molecule has 0 fully saturated rings. The molecule has 0 spiro atoms. The molecule has 0 heterocycles. The smallest absolute Gasteiger partial charge is 0.188 e. The van der Waals surface area contributed by atoms with Gasteiger partial charge < -0.3 is 0 Å². The fraction of sp³-hybridized carbons (Fsp3) is 0.933. The van der Waals surface area contributed by atoms with Crippen molar-refractivity contribution in [2.24, 2.45) is 0 Å². The Morgan fingerprint density at radius 3 is 2.06 bits per heavy atom. The maximum absolute atomic E-state index is 11.4. The fourth-order valence-electron chi connectivity index (χ4n) is 1.94. The highest BCUT2D eigenvalue weighted by Gasteiger charge is 2.10. The first-order valence-electron chi connectivity index (χ1n) is 7.44. The van der Waals surface area contributed by atoms with Crippen molar-refractivity contribution in [3.63, 3.8) is 0 Å². The number of hydrogen-bond acceptors (Lipinski definition) is 2. The van der Waals surface area contributed by atoms with Crippen LogP contribution < -0.4 is 0 Å². The molecular formula is C15H30OS. The number of thioether (sulfide) groups is 1. The van der Waals surface area contributed by atoms with Crippen molar-refractivity contribution < 1.29 is 4.79 Å². The molecule has 0 aliphatic heterocycles. The Kier molecular flexibility index (Phi) is 12.5. The summed E-state index contributed by atoms with van der Waals surface area (Å²) in [4.78, 5) is 11.4. The van der Waals surface area contributed by atoms with Crippen molar-refractivity contribution >= 4 is 16.9 Å². The SMILES string of the molecule is CCCCCCCCCC(CC)SC(=O)CC. The van der Waals surface area contributed by atoms with E-state index >= 15 is 0 Å². The monoisotopic (exact) mass is 258 g/mol. The highest BCUT2D eigenvalue weighted by molar-refractivity contribution is 8.14. The Balaban J connectivity index is 3.40. The topological polar surface area (TPSA) is 17.1 Å². The van der Waals surface area contributed by atoms with E-state index in [1.54, 1.807) is 11.8 Å². The molecule has 0 aromatic carbocycles. The van der Waals surface area contributed by atoms with Crippen LogP contribution in [0.1, 0.15) is 85.0 Å². The molecule has 0 radical (unpaired) electrons. The second kappa shape index (κ2) is 12.5. The maximum Gasteiger partial charge on any atom is 0.188 e. The number of hydrogen-bond donors (Lipinski definition) is 0. The van der Waals surface area contributed by atoms with Gasteiger partial charge in [0.1, 0.15) is 0 Å². The van der Waals surface area contributed by atoms with Gasteiger partial charge in [-0.15, -0.1) is 0 Å². The predicted molar refractivity (Wildman–Crippen MR) is 79.6 cm³/mol. The lowest BCUT2D eigenvalue weighted by atomic mass is 10.1. The van der Waals surface area contributed by atoms with Crippen LogP contribution in [0.5, 0.6) is 0 Å². The highest BCUT2D eigenvalue weighted by atomic mass is 32.2. The summed E-state index contributed by atoms with van der Waals surface area (Å²) in [5.41, 5.74) is 0. The number of unbranched alkanes of at least 4 members (excludes halogenated alkanes) is 6. The van der Waals surface area contributed by atoms with Crippen molar-refractivity contribution in [3.8, 4) is 0 Å². The second-order valence-corrected chi connectivity index (χ2v) is 6.14. The number of rotatable bonds is 11. The predicted octanol–water partition coefficient (Wildman–Crippen LogP) is 5.58. The van der Waals surface area contributed by atoms with E-state index in [0.29, 0.717) is 16.8 Å². The molecule has 0 aliphatic rings. The van der Waals surface area contributed by atoms with Crippen molar-refractivity contribution in [3.05, 3.63) is 0 Å². The summed E-state index contributed by atoms with van der Waals surface area (Å²) in [6, 6.07) is 0. The van der Waals surface area contributed by atoms with Gasteiger partial charge in [0.15, 0.2) is 5.12 Å². The van der Waals surface area contributed by atoms with E-state index in [4.69, 9.17) is 0 Å². The van der Waals surface area contributed by atoms with Crippen LogP contribution in [0, 0.1) is 0 Å². The Morgan fingerprint density at radius 1 is 0.941 bits per heavy atom. The van der Waals surface area contributed by atoms with Gasteiger partial charge in [-0.3, -0.25) is 4.79 Å². The molecule has 0 bridgehead atoms. The van der Waals surface area contributed by atoms with Gasteiger partial charge in [0.2, 0.25) is 0 Å². The Morgan fingerprint density at radius 2 is 1.53 bits per heavy atom. The minimum Gasteiger partial charge on any atom is -0.287 e. The van der Waals surface area contributed by atoms with Crippen molar-refractivity contribution in [1.29, 1.82) is 0 Å². The molecular weight excluding hydrogens is 228 g/mol. The molecule has 2 heteroatoms. The summed E-state index contributed by atoms with van der Waals surface area (Å²) in [6.07, 6.45) is 12.6. The number of carbonyl (C=O) groups excluding carboxylic acids is 1. The zero-order valence-corrected chi connectivity index (χ0v) is 12.8. The van der Waals surface area contributed by atoms with Crippen molar-refractivity contribution in [2.45, 2.75) is 90.2 Å². The molecule has 0 amide bonds. The summed E-state index contributed by atoms with van der Waals surface area (Å²) in [5.74, 6) is 0. The molecule has 1 unspecified atom stereocenters. The minimum atomic E-state index is 0.361. The lowest BCUT2D eigenvalue weighted by Gasteiger charge is -2.12. The third kappa shape index (κ3) is 10.9. The van der Waals surface area contributed by atoms with Gasteiger partial charge in [-0.1, -0.05) is 77.5 Å². The van der Waals surface area contributed by atoms with Gasteiger partial charge in [-0.2, -0.15) is 0 Å². The summed E-state index contributed by atoms with van der Waals surface area (Å²) in [7, 11) is 0. The van der Waals surface area contributed by atoms with Crippen LogP contribution in [-0.2, 0) is 4.79 Å². The quantitative estimate of drug-likeness (QED) is 0.450. The molecule has 0 aromatic rings. The molecule has 0 rings (SSSR count).